The van der Waals surface area contributed by atoms with Crippen molar-refractivity contribution in [3.8, 4) is 11.8 Å². The summed E-state index contributed by atoms with van der Waals surface area (Å²) < 4.78 is 11.8. The zero-order valence-electron chi connectivity index (χ0n) is 18.3. The Morgan fingerprint density at radius 3 is 2.21 bits per heavy atom. The van der Waals surface area contributed by atoms with Gasteiger partial charge in [-0.2, -0.15) is 5.26 Å². The fraction of sp³-hybridized carbons (Fsp3) is 0.652. The van der Waals surface area contributed by atoms with E-state index in [9.17, 15) is 10.1 Å². The summed E-state index contributed by atoms with van der Waals surface area (Å²) in [5.41, 5.74) is 0.129. The van der Waals surface area contributed by atoms with Gasteiger partial charge in [0.25, 0.3) is 5.91 Å². The molecular weight excluding hydrogens is 352 g/mol. The Morgan fingerprint density at radius 1 is 1.11 bits per heavy atom. The van der Waals surface area contributed by atoms with Crippen LogP contribution in [0.2, 0.25) is 0 Å². The quantitative estimate of drug-likeness (QED) is 0.510. The Bertz CT molecular complexity index is 652. The van der Waals surface area contributed by atoms with Crippen molar-refractivity contribution in [2.45, 2.75) is 72.8 Å². The number of carbonyl (C=O) groups excluding carboxylic acids is 1. The lowest BCUT2D eigenvalue weighted by molar-refractivity contribution is -0.147. The zero-order valence-corrected chi connectivity index (χ0v) is 18.3. The maximum absolute atomic E-state index is 13.3. The van der Waals surface area contributed by atoms with E-state index in [-0.39, 0.29) is 5.91 Å². The van der Waals surface area contributed by atoms with Crippen molar-refractivity contribution in [1.29, 1.82) is 5.26 Å². The average molecular weight is 389 g/mol. The Kier molecular flexibility index (Phi) is 10.0. The number of rotatable bonds is 12. The van der Waals surface area contributed by atoms with Gasteiger partial charge in [-0.25, -0.2) is 0 Å². The highest BCUT2D eigenvalue weighted by molar-refractivity contribution is 5.97. The molecule has 1 aromatic carbocycles. The molecule has 0 saturated carbocycles. The molecule has 1 rings (SSSR count). The Hall–Kier alpha value is -2.06. The molecule has 0 spiro atoms. The minimum absolute atomic E-state index is 0.144. The van der Waals surface area contributed by atoms with Crippen LogP contribution in [0.4, 0.5) is 5.69 Å². The standard InChI is InChI=1S/C23H36N2O3/c1-7-11-27-21-10-9-20(13-19(21)16-24)25-22(26)23(14-17(3)4,15-18(5)6)28-12-8-2/h9-10,13,17-18H,7-8,11-12,14-15H2,1-6H3,(H,25,26). The highest BCUT2D eigenvalue weighted by Crippen LogP contribution is 2.32. The van der Waals surface area contributed by atoms with Gasteiger partial charge in [0.2, 0.25) is 0 Å². The number of benzene rings is 1. The molecule has 5 nitrogen and oxygen atoms in total. The predicted molar refractivity (Wildman–Crippen MR) is 113 cm³/mol. The van der Waals surface area contributed by atoms with Gasteiger partial charge in [-0.15, -0.1) is 0 Å². The van der Waals surface area contributed by atoms with E-state index in [0.29, 0.717) is 54.9 Å². The molecule has 0 atom stereocenters. The van der Waals surface area contributed by atoms with E-state index in [2.05, 4.69) is 39.1 Å². The van der Waals surface area contributed by atoms with Crippen LogP contribution in [-0.4, -0.2) is 24.7 Å². The molecule has 1 N–H and O–H groups in total. The molecule has 0 aliphatic carbocycles. The van der Waals surface area contributed by atoms with E-state index in [1.54, 1.807) is 18.2 Å². The third-order valence-electron chi connectivity index (χ3n) is 4.29. The first-order valence-corrected chi connectivity index (χ1v) is 10.4. The van der Waals surface area contributed by atoms with Crippen molar-refractivity contribution in [1.82, 2.24) is 0 Å². The summed E-state index contributed by atoms with van der Waals surface area (Å²) in [6.45, 7) is 13.6. The predicted octanol–water partition coefficient (Wildman–Crippen LogP) is 5.54. The molecule has 28 heavy (non-hydrogen) atoms. The first-order chi connectivity index (χ1) is 13.3. The molecule has 5 heteroatoms. The summed E-state index contributed by atoms with van der Waals surface area (Å²) in [5.74, 6) is 1.04. The first kappa shape index (κ1) is 24.0. The molecule has 0 aromatic heterocycles. The highest BCUT2D eigenvalue weighted by atomic mass is 16.5. The van der Waals surface area contributed by atoms with Gasteiger partial charge in [-0.1, -0.05) is 41.5 Å². The Balaban J connectivity index is 3.13. The van der Waals surface area contributed by atoms with E-state index >= 15 is 0 Å². The van der Waals surface area contributed by atoms with E-state index in [0.717, 1.165) is 12.8 Å². The van der Waals surface area contributed by atoms with Gasteiger partial charge in [-0.05, 0) is 55.7 Å². The van der Waals surface area contributed by atoms with Crippen molar-refractivity contribution >= 4 is 11.6 Å². The Morgan fingerprint density at radius 2 is 1.71 bits per heavy atom. The number of amides is 1. The minimum atomic E-state index is -0.872. The van der Waals surface area contributed by atoms with E-state index in [1.807, 2.05) is 13.8 Å². The molecular formula is C23H36N2O3. The summed E-state index contributed by atoms with van der Waals surface area (Å²) in [7, 11) is 0. The monoisotopic (exact) mass is 388 g/mol. The van der Waals surface area contributed by atoms with Crippen molar-refractivity contribution in [2.24, 2.45) is 11.8 Å². The van der Waals surface area contributed by atoms with Gasteiger partial charge in [0.15, 0.2) is 0 Å². The third kappa shape index (κ3) is 7.16. The van der Waals surface area contributed by atoms with Crippen LogP contribution in [0.5, 0.6) is 5.75 Å². The second-order valence-electron chi connectivity index (χ2n) is 8.16. The van der Waals surface area contributed by atoms with Crippen LogP contribution in [0, 0.1) is 23.2 Å². The van der Waals surface area contributed by atoms with Crippen LogP contribution in [0.25, 0.3) is 0 Å². The summed E-state index contributed by atoms with van der Waals surface area (Å²) in [4.78, 5) is 13.3. The smallest absolute Gasteiger partial charge is 0.256 e. The summed E-state index contributed by atoms with van der Waals surface area (Å²) in [5, 5.41) is 12.4. The number of carbonyl (C=O) groups is 1. The van der Waals surface area contributed by atoms with Crippen LogP contribution in [0.1, 0.15) is 72.8 Å². The molecule has 0 heterocycles. The van der Waals surface area contributed by atoms with Crippen molar-refractivity contribution in [3.05, 3.63) is 23.8 Å². The maximum atomic E-state index is 13.3. The molecule has 0 aliphatic rings. The number of nitrogens with one attached hydrogen (secondary N) is 1. The van der Waals surface area contributed by atoms with Crippen molar-refractivity contribution in [3.63, 3.8) is 0 Å². The first-order valence-electron chi connectivity index (χ1n) is 10.4. The van der Waals surface area contributed by atoms with Gasteiger partial charge >= 0.3 is 0 Å². The van der Waals surface area contributed by atoms with E-state index in [1.165, 1.54) is 0 Å². The number of hydrogen-bond donors (Lipinski definition) is 1. The fourth-order valence-electron chi connectivity index (χ4n) is 3.35. The lowest BCUT2D eigenvalue weighted by atomic mass is 9.83. The number of hydrogen-bond acceptors (Lipinski definition) is 4. The van der Waals surface area contributed by atoms with Crippen molar-refractivity contribution in [2.75, 3.05) is 18.5 Å². The molecule has 0 unspecified atom stereocenters. The lowest BCUT2D eigenvalue weighted by Gasteiger charge is -2.35. The fourth-order valence-corrected chi connectivity index (χ4v) is 3.35. The van der Waals surface area contributed by atoms with Gasteiger partial charge < -0.3 is 14.8 Å². The SMILES string of the molecule is CCCOc1ccc(NC(=O)C(CC(C)C)(CC(C)C)OCCC)cc1C#N. The van der Waals surface area contributed by atoms with Gasteiger partial charge in [0.05, 0.1) is 12.2 Å². The lowest BCUT2D eigenvalue weighted by Crippen LogP contribution is -2.47. The molecule has 1 amide bonds. The number of anilines is 1. The second-order valence-corrected chi connectivity index (χ2v) is 8.16. The van der Waals surface area contributed by atoms with Crippen molar-refractivity contribution < 1.29 is 14.3 Å². The Labute approximate surface area is 170 Å². The highest BCUT2D eigenvalue weighted by Gasteiger charge is 2.40. The molecule has 156 valence electrons. The van der Waals surface area contributed by atoms with E-state index in [4.69, 9.17) is 9.47 Å². The van der Waals surface area contributed by atoms with Gasteiger partial charge in [0, 0.05) is 12.3 Å². The average Bonchev–Trinajstić information content (AvgIpc) is 2.63. The van der Waals surface area contributed by atoms with E-state index < -0.39 is 5.60 Å². The molecule has 0 saturated heterocycles. The van der Waals surface area contributed by atoms with Crippen LogP contribution in [-0.2, 0) is 9.53 Å². The number of ether oxygens (including phenoxy) is 2. The summed E-state index contributed by atoms with van der Waals surface area (Å²) in [6.07, 6.45) is 3.03. The summed E-state index contributed by atoms with van der Waals surface area (Å²) >= 11 is 0. The number of nitrogens with zero attached hydrogens (tertiary/aromatic N) is 1. The summed E-state index contributed by atoms with van der Waals surface area (Å²) in [6, 6.07) is 7.33. The molecule has 0 radical (unpaired) electrons. The van der Waals surface area contributed by atoms with Crippen LogP contribution < -0.4 is 10.1 Å². The zero-order chi connectivity index (χ0) is 21.2. The van der Waals surface area contributed by atoms with Gasteiger partial charge in [-0.3, -0.25) is 4.79 Å². The third-order valence-corrected chi connectivity index (χ3v) is 4.29. The van der Waals surface area contributed by atoms with Gasteiger partial charge in [0.1, 0.15) is 17.4 Å². The molecule has 0 aliphatic heterocycles. The maximum Gasteiger partial charge on any atom is 0.256 e. The van der Waals surface area contributed by atoms with Crippen LogP contribution in [0.15, 0.2) is 18.2 Å². The second kappa shape index (κ2) is 11.7. The molecule has 0 fully saturated rings. The minimum Gasteiger partial charge on any atom is -0.492 e. The van der Waals surface area contributed by atoms with Crippen LogP contribution >= 0.6 is 0 Å². The van der Waals surface area contributed by atoms with Crippen LogP contribution in [0.3, 0.4) is 0 Å². The number of nitriles is 1. The normalized spacial score (nSPS) is 11.5. The topological polar surface area (TPSA) is 71.3 Å². The molecule has 1 aromatic rings. The largest absolute Gasteiger partial charge is 0.492 e. The molecule has 0 bridgehead atoms.